The summed E-state index contributed by atoms with van der Waals surface area (Å²) in [5.41, 5.74) is 0.591. The summed E-state index contributed by atoms with van der Waals surface area (Å²) in [6.45, 7) is 3.49. The summed E-state index contributed by atoms with van der Waals surface area (Å²) in [6, 6.07) is 4.44. The molecule has 2 N–H and O–H groups in total. The number of halogens is 3. The molecule has 1 fully saturated rings. The van der Waals surface area contributed by atoms with Crippen LogP contribution in [0.25, 0.3) is 11.3 Å². The minimum Gasteiger partial charge on any atom is -0.507 e. The molecule has 2 aromatic rings. The molecule has 1 saturated heterocycles. The number of nitrogens with zero attached hydrogens (tertiary/aromatic N) is 3. The van der Waals surface area contributed by atoms with Gasteiger partial charge in [0.25, 0.3) is 0 Å². The second-order valence-electron chi connectivity index (χ2n) is 7.14. The molecular formula is C19H22F3N3O2. The Morgan fingerprint density at radius 1 is 1.22 bits per heavy atom. The van der Waals surface area contributed by atoms with Gasteiger partial charge >= 0.3 is 6.18 Å². The van der Waals surface area contributed by atoms with E-state index in [4.69, 9.17) is 0 Å². The summed E-state index contributed by atoms with van der Waals surface area (Å²) < 4.78 is 38.3. The number of aryl methyl sites for hydroxylation is 1. The monoisotopic (exact) mass is 381 g/mol. The first kappa shape index (κ1) is 19.6. The van der Waals surface area contributed by atoms with Gasteiger partial charge in [-0.15, -0.1) is 5.10 Å². The van der Waals surface area contributed by atoms with Gasteiger partial charge in [0.1, 0.15) is 11.9 Å². The Morgan fingerprint density at radius 2 is 1.96 bits per heavy atom. The van der Waals surface area contributed by atoms with Crippen molar-refractivity contribution in [2.75, 3.05) is 20.1 Å². The van der Waals surface area contributed by atoms with Crippen molar-refractivity contribution in [1.82, 2.24) is 15.1 Å². The molecule has 3 rings (SSSR count). The molecule has 2 atom stereocenters. The number of alkyl halides is 3. The number of likely N-dealkylation sites (tertiary alicyclic amines) is 1. The molecule has 1 aliphatic rings. The van der Waals surface area contributed by atoms with Crippen molar-refractivity contribution >= 4 is 0 Å². The molecule has 1 aliphatic heterocycles. The third-order valence-electron chi connectivity index (χ3n) is 4.99. The zero-order chi connectivity index (χ0) is 19.8. The number of aromatic hydroxyl groups is 1. The van der Waals surface area contributed by atoms with Gasteiger partial charge in [0.2, 0.25) is 0 Å². The van der Waals surface area contributed by atoms with Crippen LogP contribution in [0.3, 0.4) is 0 Å². The van der Waals surface area contributed by atoms with Crippen molar-refractivity contribution in [3.05, 3.63) is 41.1 Å². The van der Waals surface area contributed by atoms with E-state index in [9.17, 15) is 23.4 Å². The first-order chi connectivity index (χ1) is 12.7. The lowest BCUT2D eigenvalue weighted by Gasteiger charge is -2.32. The fraction of sp³-hybridized carbons (Fsp3) is 0.474. The summed E-state index contributed by atoms with van der Waals surface area (Å²) in [4.78, 5) is 2.16. The van der Waals surface area contributed by atoms with E-state index in [1.807, 2.05) is 7.05 Å². The highest BCUT2D eigenvalue weighted by molar-refractivity contribution is 5.69. The standard InChI is InChI=1S/C19H22F3N3O2/c1-11-8-15(18(27)12-4-3-7-25(2)10-12)23-24-17(11)14-6-5-13(9-16(14)26)19(20,21)22/h5-6,8-9,12,18,26-27H,3-4,7,10H2,1-2H3/t12-,18-/m0/s1. The van der Waals surface area contributed by atoms with Crippen LogP contribution in [0.4, 0.5) is 13.2 Å². The Bertz CT molecular complexity index is 826. The Balaban J connectivity index is 1.87. The van der Waals surface area contributed by atoms with Crippen LogP contribution in [0, 0.1) is 12.8 Å². The third-order valence-corrected chi connectivity index (χ3v) is 4.99. The van der Waals surface area contributed by atoms with Gasteiger partial charge in [-0.3, -0.25) is 0 Å². The molecule has 27 heavy (non-hydrogen) atoms. The molecule has 0 saturated carbocycles. The van der Waals surface area contributed by atoms with Crippen LogP contribution in [0.1, 0.15) is 35.8 Å². The SMILES string of the molecule is Cc1cc([C@@H](O)[C@H]2CCCN(C)C2)nnc1-c1ccc(C(F)(F)F)cc1O. The first-order valence-electron chi connectivity index (χ1n) is 8.78. The van der Waals surface area contributed by atoms with Gasteiger partial charge in [0, 0.05) is 18.0 Å². The largest absolute Gasteiger partial charge is 0.507 e. The van der Waals surface area contributed by atoms with Gasteiger partial charge in [-0.2, -0.15) is 18.3 Å². The predicted molar refractivity (Wildman–Crippen MR) is 94.1 cm³/mol. The molecule has 146 valence electrons. The van der Waals surface area contributed by atoms with Gasteiger partial charge < -0.3 is 15.1 Å². The number of phenols is 1. The zero-order valence-corrected chi connectivity index (χ0v) is 15.2. The summed E-state index contributed by atoms with van der Waals surface area (Å²) in [6.07, 6.45) is -3.39. The quantitative estimate of drug-likeness (QED) is 0.851. The number of piperidine rings is 1. The van der Waals surface area contributed by atoms with Crippen molar-refractivity contribution in [2.24, 2.45) is 5.92 Å². The number of aliphatic hydroxyl groups excluding tert-OH is 1. The molecule has 5 nitrogen and oxygen atoms in total. The lowest BCUT2D eigenvalue weighted by Crippen LogP contribution is -2.35. The second kappa shape index (κ2) is 7.44. The molecule has 2 heterocycles. The van der Waals surface area contributed by atoms with Crippen molar-refractivity contribution in [2.45, 2.75) is 32.0 Å². The van der Waals surface area contributed by atoms with Crippen molar-refractivity contribution in [3.63, 3.8) is 0 Å². The number of aliphatic hydroxyl groups is 1. The molecule has 0 aliphatic carbocycles. The van der Waals surface area contributed by atoms with E-state index >= 15 is 0 Å². The Labute approximate surface area is 155 Å². The van der Waals surface area contributed by atoms with Crippen LogP contribution >= 0.6 is 0 Å². The van der Waals surface area contributed by atoms with E-state index < -0.39 is 23.6 Å². The molecule has 0 radical (unpaired) electrons. The first-order valence-corrected chi connectivity index (χ1v) is 8.78. The molecular weight excluding hydrogens is 359 g/mol. The Morgan fingerprint density at radius 3 is 2.56 bits per heavy atom. The number of hydrogen-bond donors (Lipinski definition) is 2. The van der Waals surface area contributed by atoms with Gasteiger partial charge in [-0.1, -0.05) is 0 Å². The minimum absolute atomic E-state index is 0.0581. The maximum Gasteiger partial charge on any atom is 0.416 e. The lowest BCUT2D eigenvalue weighted by atomic mass is 9.90. The van der Waals surface area contributed by atoms with Crippen molar-refractivity contribution in [3.8, 4) is 17.0 Å². The van der Waals surface area contributed by atoms with E-state index in [1.165, 1.54) is 6.07 Å². The minimum atomic E-state index is -4.53. The van der Waals surface area contributed by atoms with Crippen LogP contribution in [0.2, 0.25) is 0 Å². The number of phenolic OH excluding ortho intramolecular Hbond substituents is 1. The average molecular weight is 381 g/mol. The number of aromatic nitrogens is 2. The van der Waals surface area contributed by atoms with E-state index in [2.05, 4.69) is 15.1 Å². The molecule has 0 bridgehead atoms. The fourth-order valence-electron chi connectivity index (χ4n) is 3.53. The molecule has 1 aromatic heterocycles. The Kier molecular flexibility index (Phi) is 5.39. The number of benzene rings is 1. The molecule has 0 spiro atoms. The van der Waals surface area contributed by atoms with E-state index in [0.717, 1.165) is 32.0 Å². The normalized spacial score (nSPS) is 19.9. The molecule has 1 aromatic carbocycles. The topological polar surface area (TPSA) is 69.5 Å². The predicted octanol–water partition coefficient (Wildman–Crippen LogP) is 3.55. The molecule has 0 unspecified atom stereocenters. The molecule has 0 amide bonds. The summed E-state index contributed by atoms with van der Waals surface area (Å²) in [7, 11) is 2.01. The highest BCUT2D eigenvalue weighted by atomic mass is 19.4. The van der Waals surface area contributed by atoms with Crippen LogP contribution < -0.4 is 0 Å². The summed E-state index contributed by atoms with van der Waals surface area (Å²) in [5, 5.41) is 28.8. The van der Waals surface area contributed by atoms with Crippen molar-refractivity contribution in [1.29, 1.82) is 0 Å². The smallest absolute Gasteiger partial charge is 0.416 e. The number of rotatable bonds is 3. The third kappa shape index (κ3) is 4.22. The van der Waals surface area contributed by atoms with E-state index in [0.29, 0.717) is 17.3 Å². The Hall–Kier alpha value is -2.19. The summed E-state index contributed by atoms with van der Waals surface area (Å²) >= 11 is 0. The average Bonchev–Trinajstić information content (AvgIpc) is 2.60. The van der Waals surface area contributed by atoms with Gasteiger partial charge in [0.15, 0.2) is 0 Å². The van der Waals surface area contributed by atoms with Crippen LogP contribution in [-0.2, 0) is 6.18 Å². The van der Waals surface area contributed by atoms with Gasteiger partial charge in [0.05, 0.1) is 17.0 Å². The lowest BCUT2D eigenvalue weighted by molar-refractivity contribution is -0.137. The number of hydrogen-bond acceptors (Lipinski definition) is 5. The van der Waals surface area contributed by atoms with E-state index in [-0.39, 0.29) is 17.2 Å². The zero-order valence-electron chi connectivity index (χ0n) is 15.2. The fourth-order valence-corrected chi connectivity index (χ4v) is 3.53. The highest BCUT2D eigenvalue weighted by Gasteiger charge is 2.31. The highest BCUT2D eigenvalue weighted by Crippen LogP contribution is 2.37. The van der Waals surface area contributed by atoms with Gasteiger partial charge in [-0.25, -0.2) is 0 Å². The van der Waals surface area contributed by atoms with Crippen molar-refractivity contribution < 1.29 is 23.4 Å². The summed E-state index contributed by atoms with van der Waals surface area (Å²) in [5.74, 6) is -0.452. The van der Waals surface area contributed by atoms with Crippen LogP contribution in [0.15, 0.2) is 24.3 Å². The van der Waals surface area contributed by atoms with Gasteiger partial charge in [-0.05, 0) is 63.2 Å². The maximum atomic E-state index is 12.8. The van der Waals surface area contributed by atoms with E-state index in [1.54, 1.807) is 13.0 Å². The molecule has 8 heteroatoms. The van der Waals surface area contributed by atoms with Crippen LogP contribution in [0.5, 0.6) is 5.75 Å². The second-order valence-corrected chi connectivity index (χ2v) is 7.14. The maximum absolute atomic E-state index is 12.8. The van der Waals surface area contributed by atoms with Crippen LogP contribution in [-0.4, -0.2) is 45.4 Å².